The molecule has 0 radical (unpaired) electrons. The molecule has 3 rings (SSSR count). The number of thiophene rings is 1. The number of esters is 1. The zero-order valence-electron chi connectivity index (χ0n) is 15.7. The number of hydrogen-bond acceptors (Lipinski definition) is 4. The maximum atomic E-state index is 12.6. The number of carbonyl (C=O) groups excluding carboxylic acids is 2. The maximum absolute atomic E-state index is 12.6. The molecule has 7 heteroatoms. The van der Waals surface area contributed by atoms with Gasteiger partial charge in [0.1, 0.15) is 5.00 Å². The molecule has 0 unspecified atom stereocenters. The fourth-order valence-electron chi connectivity index (χ4n) is 3.08. The zero-order valence-corrected chi connectivity index (χ0v) is 18.0. The van der Waals surface area contributed by atoms with Crippen molar-refractivity contribution in [3.05, 3.63) is 55.9 Å². The van der Waals surface area contributed by atoms with E-state index in [1.54, 1.807) is 24.3 Å². The van der Waals surface area contributed by atoms with Gasteiger partial charge in [-0.1, -0.05) is 29.3 Å². The van der Waals surface area contributed by atoms with E-state index in [9.17, 15) is 9.59 Å². The van der Waals surface area contributed by atoms with E-state index in [1.165, 1.54) is 17.4 Å². The lowest BCUT2D eigenvalue weighted by Crippen LogP contribution is -2.17. The van der Waals surface area contributed by atoms with Crippen molar-refractivity contribution in [2.75, 3.05) is 5.32 Å². The Balaban J connectivity index is 1.81. The Labute approximate surface area is 178 Å². The van der Waals surface area contributed by atoms with Crippen LogP contribution in [0, 0.1) is 0 Å². The van der Waals surface area contributed by atoms with Crippen molar-refractivity contribution in [1.29, 1.82) is 0 Å². The summed E-state index contributed by atoms with van der Waals surface area (Å²) in [7, 11) is 0. The third-order valence-electron chi connectivity index (χ3n) is 4.33. The number of benzene rings is 1. The van der Waals surface area contributed by atoms with Crippen LogP contribution < -0.4 is 5.32 Å². The molecule has 1 aliphatic rings. The van der Waals surface area contributed by atoms with E-state index in [1.807, 2.05) is 13.8 Å². The average Bonchev–Trinajstić information content (AvgIpc) is 3.00. The van der Waals surface area contributed by atoms with Gasteiger partial charge in [-0.2, -0.15) is 0 Å². The highest BCUT2D eigenvalue weighted by molar-refractivity contribution is 7.17. The molecule has 1 aromatic carbocycles. The summed E-state index contributed by atoms with van der Waals surface area (Å²) in [5, 5.41) is 4.29. The van der Waals surface area contributed by atoms with Crippen LogP contribution in [0.5, 0.6) is 0 Å². The lowest BCUT2D eigenvalue weighted by Gasteiger charge is -2.14. The molecule has 1 aliphatic carbocycles. The van der Waals surface area contributed by atoms with Gasteiger partial charge in [0.05, 0.1) is 21.7 Å². The highest BCUT2D eigenvalue weighted by Crippen LogP contribution is 2.38. The van der Waals surface area contributed by atoms with E-state index >= 15 is 0 Å². The first-order chi connectivity index (χ1) is 13.3. The highest BCUT2D eigenvalue weighted by atomic mass is 35.5. The van der Waals surface area contributed by atoms with Crippen molar-refractivity contribution in [2.24, 2.45) is 0 Å². The second kappa shape index (κ2) is 9.12. The first-order valence-electron chi connectivity index (χ1n) is 9.14. The van der Waals surface area contributed by atoms with Crippen LogP contribution in [0.3, 0.4) is 0 Å². The molecule has 4 nitrogen and oxygen atoms in total. The van der Waals surface area contributed by atoms with Crippen molar-refractivity contribution < 1.29 is 14.3 Å². The second-order valence-corrected chi connectivity index (χ2v) is 8.78. The summed E-state index contributed by atoms with van der Waals surface area (Å²) in [6.07, 6.45) is 6.74. The molecule has 0 atom stereocenters. The summed E-state index contributed by atoms with van der Waals surface area (Å²) >= 11 is 13.4. The van der Waals surface area contributed by atoms with Gasteiger partial charge in [-0.25, -0.2) is 4.79 Å². The maximum Gasteiger partial charge on any atom is 0.341 e. The van der Waals surface area contributed by atoms with Gasteiger partial charge in [0, 0.05) is 11.0 Å². The van der Waals surface area contributed by atoms with Crippen molar-refractivity contribution in [2.45, 2.75) is 45.6 Å². The standard InChI is InChI=1S/C21H21Cl2NO3S/c1-12(2)27-21(26)19-14-5-3-4-6-17(14)28-20(19)24-18(25)10-8-13-7-9-15(22)16(23)11-13/h7-12H,3-6H2,1-2H3,(H,24,25). The molecule has 1 amide bonds. The quantitative estimate of drug-likeness (QED) is 0.450. The average molecular weight is 438 g/mol. The predicted octanol–water partition coefficient (Wildman–Crippen LogP) is 6.15. The van der Waals surface area contributed by atoms with Crippen LogP contribution in [0.2, 0.25) is 10.0 Å². The van der Waals surface area contributed by atoms with E-state index in [2.05, 4.69) is 5.32 Å². The molecule has 2 aromatic rings. The SMILES string of the molecule is CC(C)OC(=O)c1c(NC(=O)C=Cc2ccc(Cl)c(Cl)c2)sc2c1CCCC2. The van der Waals surface area contributed by atoms with Gasteiger partial charge in [0.15, 0.2) is 0 Å². The minimum absolute atomic E-state index is 0.218. The number of hydrogen-bond donors (Lipinski definition) is 1. The number of fused-ring (bicyclic) bond motifs is 1. The third kappa shape index (κ3) is 4.96. The van der Waals surface area contributed by atoms with Crippen LogP contribution in [0.25, 0.3) is 6.08 Å². The fourth-order valence-corrected chi connectivity index (χ4v) is 4.67. The first-order valence-corrected chi connectivity index (χ1v) is 10.7. The number of carbonyl (C=O) groups is 2. The highest BCUT2D eigenvalue weighted by Gasteiger charge is 2.27. The van der Waals surface area contributed by atoms with Crippen molar-refractivity contribution in [3.63, 3.8) is 0 Å². The van der Waals surface area contributed by atoms with Gasteiger partial charge in [-0.3, -0.25) is 4.79 Å². The molecular formula is C21H21Cl2NO3S. The lowest BCUT2D eigenvalue weighted by molar-refractivity contribution is -0.111. The van der Waals surface area contributed by atoms with Crippen LogP contribution in [-0.4, -0.2) is 18.0 Å². The Morgan fingerprint density at radius 1 is 1.18 bits per heavy atom. The Kier molecular flexibility index (Phi) is 6.81. The van der Waals surface area contributed by atoms with E-state index in [0.29, 0.717) is 20.6 Å². The van der Waals surface area contributed by atoms with Crippen LogP contribution in [0.1, 0.15) is 53.1 Å². The molecule has 1 heterocycles. The molecule has 0 saturated heterocycles. The number of halogens is 2. The Hall–Kier alpha value is -1.82. The Bertz CT molecular complexity index is 934. The van der Waals surface area contributed by atoms with Crippen LogP contribution >= 0.6 is 34.5 Å². The van der Waals surface area contributed by atoms with Crippen molar-refractivity contribution in [1.82, 2.24) is 0 Å². The van der Waals surface area contributed by atoms with Gasteiger partial charge in [-0.05, 0) is 68.9 Å². The number of amides is 1. The fraction of sp³-hybridized carbons (Fsp3) is 0.333. The van der Waals surface area contributed by atoms with Gasteiger partial charge in [0.25, 0.3) is 0 Å². The molecule has 0 spiro atoms. The van der Waals surface area contributed by atoms with E-state index in [4.69, 9.17) is 27.9 Å². The van der Waals surface area contributed by atoms with Crippen LogP contribution in [-0.2, 0) is 22.4 Å². The summed E-state index contributed by atoms with van der Waals surface area (Å²) < 4.78 is 5.41. The van der Waals surface area contributed by atoms with Gasteiger partial charge in [-0.15, -0.1) is 11.3 Å². The van der Waals surface area contributed by atoms with Gasteiger partial charge in [0.2, 0.25) is 5.91 Å². The van der Waals surface area contributed by atoms with Crippen LogP contribution in [0.15, 0.2) is 24.3 Å². The van der Waals surface area contributed by atoms with Gasteiger partial charge < -0.3 is 10.1 Å². The number of ether oxygens (including phenoxy) is 1. The molecule has 0 saturated carbocycles. The lowest BCUT2D eigenvalue weighted by atomic mass is 9.95. The molecular weight excluding hydrogens is 417 g/mol. The molecule has 0 aliphatic heterocycles. The smallest absolute Gasteiger partial charge is 0.341 e. The molecule has 0 bridgehead atoms. The minimum atomic E-state index is -0.377. The zero-order chi connectivity index (χ0) is 20.3. The molecule has 148 valence electrons. The third-order valence-corrected chi connectivity index (χ3v) is 6.27. The largest absolute Gasteiger partial charge is 0.459 e. The summed E-state index contributed by atoms with van der Waals surface area (Å²) in [4.78, 5) is 26.2. The monoisotopic (exact) mass is 437 g/mol. The Morgan fingerprint density at radius 3 is 2.64 bits per heavy atom. The van der Waals surface area contributed by atoms with Crippen molar-refractivity contribution in [3.8, 4) is 0 Å². The number of aryl methyl sites for hydroxylation is 1. The van der Waals surface area contributed by atoms with E-state index in [-0.39, 0.29) is 18.0 Å². The van der Waals surface area contributed by atoms with E-state index in [0.717, 1.165) is 41.7 Å². The number of nitrogens with one attached hydrogen (secondary N) is 1. The number of anilines is 1. The second-order valence-electron chi connectivity index (χ2n) is 6.87. The number of rotatable bonds is 5. The van der Waals surface area contributed by atoms with E-state index < -0.39 is 0 Å². The predicted molar refractivity (Wildman–Crippen MR) is 116 cm³/mol. The molecule has 1 aromatic heterocycles. The topological polar surface area (TPSA) is 55.4 Å². The first kappa shape index (κ1) is 20.9. The van der Waals surface area contributed by atoms with Gasteiger partial charge >= 0.3 is 5.97 Å². The minimum Gasteiger partial charge on any atom is -0.459 e. The molecule has 0 fully saturated rings. The summed E-state index contributed by atoms with van der Waals surface area (Å²) in [5.74, 6) is -0.693. The summed E-state index contributed by atoms with van der Waals surface area (Å²) in [5.41, 5.74) is 2.28. The van der Waals surface area contributed by atoms with Crippen LogP contribution in [0.4, 0.5) is 5.00 Å². The van der Waals surface area contributed by atoms with Crippen molar-refractivity contribution >= 4 is 57.5 Å². The Morgan fingerprint density at radius 2 is 1.93 bits per heavy atom. The summed E-state index contributed by atoms with van der Waals surface area (Å²) in [6.45, 7) is 3.63. The summed E-state index contributed by atoms with van der Waals surface area (Å²) in [6, 6.07) is 5.13. The molecule has 28 heavy (non-hydrogen) atoms. The normalized spacial score (nSPS) is 13.6. The molecule has 1 N–H and O–H groups in total.